The van der Waals surface area contributed by atoms with Crippen molar-refractivity contribution in [2.24, 2.45) is 11.8 Å². The standard InChI is InChI=1S/C11H18N2O4S2/c1-7(2)4-9(11(14)15)5-13-19(16,17)10-6-12-8(3)18-10/h6-7,9,13H,4-5H2,1-3H3,(H,14,15). The molecule has 0 saturated heterocycles. The molecular formula is C11H18N2O4S2. The Balaban J connectivity index is 2.71. The molecule has 108 valence electrons. The maximum Gasteiger partial charge on any atom is 0.307 e. The molecule has 0 aliphatic heterocycles. The van der Waals surface area contributed by atoms with E-state index in [1.54, 1.807) is 6.92 Å². The van der Waals surface area contributed by atoms with Crippen molar-refractivity contribution < 1.29 is 18.3 Å². The monoisotopic (exact) mass is 306 g/mol. The van der Waals surface area contributed by atoms with Gasteiger partial charge in [-0.25, -0.2) is 18.1 Å². The lowest BCUT2D eigenvalue weighted by atomic mass is 9.98. The minimum atomic E-state index is -3.66. The maximum atomic E-state index is 11.9. The van der Waals surface area contributed by atoms with Gasteiger partial charge in [-0.2, -0.15) is 0 Å². The molecule has 2 N–H and O–H groups in total. The first kappa shape index (κ1) is 16.1. The third-order valence-corrected chi connectivity index (χ3v) is 5.29. The predicted octanol–water partition coefficient (Wildman–Crippen LogP) is 1.48. The Bertz CT molecular complexity index is 537. The number of carboxylic acid groups (broad SMARTS) is 1. The van der Waals surface area contributed by atoms with E-state index in [0.717, 1.165) is 11.3 Å². The van der Waals surface area contributed by atoms with Crippen LogP contribution in [0.5, 0.6) is 0 Å². The molecule has 19 heavy (non-hydrogen) atoms. The molecule has 0 amide bonds. The van der Waals surface area contributed by atoms with Crippen LogP contribution in [0.3, 0.4) is 0 Å². The van der Waals surface area contributed by atoms with Gasteiger partial charge < -0.3 is 5.11 Å². The smallest absolute Gasteiger partial charge is 0.307 e. The van der Waals surface area contributed by atoms with Crippen molar-refractivity contribution in [3.63, 3.8) is 0 Å². The van der Waals surface area contributed by atoms with Crippen LogP contribution in [-0.4, -0.2) is 31.0 Å². The van der Waals surface area contributed by atoms with Crippen LogP contribution in [0, 0.1) is 18.8 Å². The molecule has 1 atom stereocenters. The third kappa shape index (κ3) is 4.88. The molecule has 1 aromatic heterocycles. The number of thiazole rings is 1. The van der Waals surface area contributed by atoms with Crippen LogP contribution in [-0.2, 0) is 14.8 Å². The number of aryl methyl sites for hydroxylation is 1. The lowest BCUT2D eigenvalue weighted by Crippen LogP contribution is -2.33. The molecule has 0 bridgehead atoms. The van der Waals surface area contributed by atoms with E-state index in [1.165, 1.54) is 6.20 Å². The summed E-state index contributed by atoms with van der Waals surface area (Å²) in [4.78, 5) is 14.9. The first-order chi connectivity index (χ1) is 8.72. The zero-order valence-electron chi connectivity index (χ0n) is 11.1. The minimum Gasteiger partial charge on any atom is -0.481 e. The molecule has 1 unspecified atom stereocenters. The Morgan fingerprint density at radius 1 is 1.53 bits per heavy atom. The molecule has 1 aromatic rings. The Labute approximate surface area is 116 Å². The summed E-state index contributed by atoms with van der Waals surface area (Å²) in [5.41, 5.74) is 0. The summed E-state index contributed by atoms with van der Waals surface area (Å²) >= 11 is 1.06. The highest BCUT2D eigenvalue weighted by Crippen LogP contribution is 2.18. The number of carboxylic acids is 1. The second-order valence-electron chi connectivity index (χ2n) is 4.71. The Hall–Kier alpha value is -0.990. The van der Waals surface area contributed by atoms with Gasteiger partial charge in [-0.1, -0.05) is 13.8 Å². The summed E-state index contributed by atoms with van der Waals surface area (Å²) in [5.74, 6) is -1.52. The number of aromatic nitrogens is 1. The molecule has 0 aromatic carbocycles. The first-order valence-electron chi connectivity index (χ1n) is 5.87. The highest BCUT2D eigenvalue weighted by atomic mass is 32.2. The number of nitrogens with zero attached hydrogens (tertiary/aromatic N) is 1. The van der Waals surface area contributed by atoms with Crippen molar-refractivity contribution in [2.45, 2.75) is 31.4 Å². The van der Waals surface area contributed by atoms with E-state index in [1.807, 2.05) is 13.8 Å². The number of sulfonamides is 1. The van der Waals surface area contributed by atoms with Crippen molar-refractivity contribution in [3.05, 3.63) is 11.2 Å². The average molecular weight is 306 g/mol. The van der Waals surface area contributed by atoms with Gasteiger partial charge in [0.25, 0.3) is 10.0 Å². The van der Waals surface area contributed by atoms with Crippen LogP contribution in [0.1, 0.15) is 25.3 Å². The minimum absolute atomic E-state index is 0.104. The SMILES string of the molecule is Cc1ncc(S(=O)(=O)NCC(CC(C)C)C(=O)O)s1. The Morgan fingerprint density at radius 2 is 2.16 bits per heavy atom. The summed E-state index contributed by atoms with van der Waals surface area (Å²) < 4.78 is 26.3. The molecule has 0 fully saturated rings. The molecule has 8 heteroatoms. The lowest BCUT2D eigenvalue weighted by molar-refractivity contribution is -0.142. The summed E-state index contributed by atoms with van der Waals surface area (Å²) in [7, 11) is -3.66. The molecule has 1 rings (SSSR count). The van der Waals surface area contributed by atoms with Gasteiger partial charge in [-0.15, -0.1) is 11.3 Å². The van der Waals surface area contributed by atoms with Crippen molar-refractivity contribution >= 4 is 27.3 Å². The third-order valence-electron chi connectivity index (χ3n) is 2.49. The number of aliphatic carboxylic acids is 1. The van der Waals surface area contributed by atoms with Gasteiger partial charge in [0.05, 0.1) is 17.1 Å². The van der Waals surface area contributed by atoms with Crippen LogP contribution in [0.2, 0.25) is 0 Å². The zero-order chi connectivity index (χ0) is 14.6. The quantitative estimate of drug-likeness (QED) is 0.795. The largest absolute Gasteiger partial charge is 0.481 e. The lowest BCUT2D eigenvalue weighted by Gasteiger charge is -2.14. The average Bonchev–Trinajstić information content (AvgIpc) is 2.71. The van der Waals surface area contributed by atoms with Crippen molar-refractivity contribution in [2.75, 3.05) is 6.54 Å². The number of hydrogen-bond acceptors (Lipinski definition) is 5. The van der Waals surface area contributed by atoms with Gasteiger partial charge in [0.2, 0.25) is 0 Å². The second-order valence-corrected chi connectivity index (χ2v) is 7.94. The number of hydrogen-bond donors (Lipinski definition) is 2. The summed E-state index contributed by atoms with van der Waals surface area (Å²) in [5, 5.41) is 9.70. The van der Waals surface area contributed by atoms with Crippen LogP contribution in [0.4, 0.5) is 0 Å². The Kier molecular flexibility index (Phi) is 5.45. The topological polar surface area (TPSA) is 96.4 Å². The molecule has 1 heterocycles. The van der Waals surface area contributed by atoms with Crippen molar-refractivity contribution in [1.29, 1.82) is 0 Å². The van der Waals surface area contributed by atoms with E-state index in [9.17, 15) is 13.2 Å². The zero-order valence-corrected chi connectivity index (χ0v) is 12.7. The van der Waals surface area contributed by atoms with E-state index in [-0.39, 0.29) is 16.7 Å². The fraction of sp³-hybridized carbons (Fsp3) is 0.636. The number of carbonyl (C=O) groups is 1. The highest BCUT2D eigenvalue weighted by molar-refractivity contribution is 7.91. The van der Waals surface area contributed by atoms with Crippen molar-refractivity contribution in [3.8, 4) is 0 Å². The van der Waals surface area contributed by atoms with Gasteiger partial charge in [0, 0.05) is 6.54 Å². The summed E-state index contributed by atoms with van der Waals surface area (Å²) in [6.07, 6.45) is 1.71. The molecular weight excluding hydrogens is 288 g/mol. The van der Waals surface area contributed by atoms with Crippen LogP contribution >= 0.6 is 11.3 Å². The summed E-state index contributed by atoms with van der Waals surface area (Å²) in [6.45, 7) is 5.41. The van der Waals surface area contributed by atoms with Crippen LogP contribution < -0.4 is 4.72 Å². The van der Waals surface area contributed by atoms with Gasteiger partial charge in [-0.05, 0) is 19.3 Å². The van der Waals surface area contributed by atoms with Gasteiger partial charge in [0.15, 0.2) is 4.21 Å². The molecule has 0 saturated carbocycles. The first-order valence-corrected chi connectivity index (χ1v) is 8.17. The van der Waals surface area contributed by atoms with Gasteiger partial charge in [-0.3, -0.25) is 4.79 Å². The van der Waals surface area contributed by atoms with E-state index in [0.29, 0.717) is 11.4 Å². The second kappa shape index (κ2) is 6.44. The Morgan fingerprint density at radius 3 is 2.58 bits per heavy atom. The van der Waals surface area contributed by atoms with Crippen LogP contribution in [0.25, 0.3) is 0 Å². The van der Waals surface area contributed by atoms with E-state index in [2.05, 4.69) is 9.71 Å². The van der Waals surface area contributed by atoms with E-state index < -0.39 is 21.9 Å². The van der Waals surface area contributed by atoms with Gasteiger partial charge in [0.1, 0.15) is 0 Å². The van der Waals surface area contributed by atoms with E-state index in [4.69, 9.17) is 5.11 Å². The highest BCUT2D eigenvalue weighted by Gasteiger charge is 2.23. The summed E-state index contributed by atoms with van der Waals surface area (Å²) in [6, 6.07) is 0. The molecule has 0 spiro atoms. The maximum absolute atomic E-state index is 11.9. The predicted molar refractivity (Wildman–Crippen MR) is 72.6 cm³/mol. The molecule has 0 radical (unpaired) electrons. The van der Waals surface area contributed by atoms with Gasteiger partial charge >= 0.3 is 5.97 Å². The van der Waals surface area contributed by atoms with Crippen molar-refractivity contribution in [1.82, 2.24) is 9.71 Å². The molecule has 0 aliphatic rings. The molecule has 0 aliphatic carbocycles. The fourth-order valence-corrected chi connectivity index (χ4v) is 3.82. The van der Waals surface area contributed by atoms with E-state index >= 15 is 0 Å². The molecule has 6 nitrogen and oxygen atoms in total. The normalized spacial score (nSPS) is 13.7. The number of nitrogens with one attached hydrogen (secondary N) is 1. The van der Waals surface area contributed by atoms with Crippen LogP contribution in [0.15, 0.2) is 10.4 Å². The fourth-order valence-electron chi connectivity index (χ4n) is 1.59. The number of rotatable bonds is 7.